The smallest absolute Gasteiger partial charge is 0.254 e. The second kappa shape index (κ2) is 6.57. The monoisotopic (exact) mass is 365 g/mol. The van der Waals surface area contributed by atoms with Gasteiger partial charge in [0.1, 0.15) is 5.75 Å². The van der Waals surface area contributed by atoms with Crippen molar-refractivity contribution in [2.24, 2.45) is 5.41 Å². The number of methoxy groups -OCH3 is 1. The summed E-state index contributed by atoms with van der Waals surface area (Å²) in [4.78, 5) is 12.5. The zero-order valence-corrected chi connectivity index (χ0v) is 15.7. The van der Waals surface area contributed by atoms with E-state index in [9.17, 15) is 4.79 Å². The number of carbonyl (C=O) groups excluding carboxylic acids is 1. The lowest BCUT2D eigenvalue weighted by atomic mass is 9.74. The van der Waals surface area contributed by atoms with Gasteiger partial charge in [0.15, 0.2) is 0 Å². The van der Waals surface area contributed by atoms with Crippen LogP contribution in [0.5, 0.6) is 5.75 Å². The highest BCUT2D eigenvalue weighted by Gasteiger charge is 2.36. The summed E-state index contributed by atoms with van der Waals surface area (Å²) in [6, 6.07) is 7.75. The number of H-pyrrole nitrogens is 1. The highest BCUT2D eigenvalue weighted by molar-refractivity contribution is 5.93. The van der Waals surface area contributed by atoms with Crippen LogP contribution in [-0.2, 0) is 6.42 Å². The SMILES string of the molecule is COc1ccc(-n2ncc3c2CC(C)(C)C[C@@H]3NC(=O)c2cn[nH]c2)cc1. The molecule has 1 aromatic carbocycles. The third-order valence-corrected chi connectivity index (χ3v) is 5.06. The summed E-state index contributed by atoms with van der Waals surface area (Å²) in [6.45, 7) is 4.44. The number of benzene rings is 1. The highest BCUT2D eigenvalue weighted by Crippen LogP contribution is 2.41. The van der Waals surface area contributed by atoms with Crippen molar-refractivity contribution in [1.82, 2.24) is 25.3 Å². The number of ether oxygens (including phenoxy) is 1. The lowest BCUT2D eigenvalue weighted by Crippen LogP contribution is -2.36. The molecule has 7 nitrogen and oxygen atoms in total. The number of aromatic amines is 1. The first kappa shape index (κ1) is 17.3. The van der Waals surface area contributed by atoms with Gasteiger partial charge < -0.3 is 10.1 Å². The average molecular weight is 365 g/mol. The first-order valence-electron chi connectivity index (χ1n) is 8.98. The van der Waals surface area contributed by atoms with Crippen LogP contribution in [0.3, 0.4) is 0 Å². The van der Waals surface area contributed by atoms with Crippen LogP contribution < -0.4 is 10.1 Å². The minimum atomic E-state index is -0.130. The van der Waals surface area contributed by atoms with Gasteiger partial charge >= 0.3 is 0 Å². The summed E-state index contributed by atoms with van der Waals surface area (Å²) in [5.41, 5.74) is 3.76. The summed E-state index contributed by atoms with van der Waals surface area (Å²) < 4.78 is 7.21. The first-order valence-corrected chi connectivity index (χ1v) is 8.98. The molecule has 0 aliphatic heterocycles. The third kappa shape index (κ3) is 3.32. The van der Waals surface area contributed by atoms with E-state index in [1.807, 2.05) is 35.1 Å². The standard InChI is InChI=1S/C20H23N5O2/c1-20(2)8-17(24-19(26)13-10-21-22-11-13)16-12-23-25(18(16)9-20)14-4-6-15(27-3)7-5-14/h4-7,10-12,17H,8-9H2,1-3H3,(H,21,22)(H,24,26)/t17-/m0/s1. The molecule has 1 aliphatic carbocycles. The molecule has 4 rings (SSSR count). The maximum absolute atomic E-state index is 12.5. The van der Waals surface area contributed by atoms with E-state index in [1.54, 1.807) is 13.3 Å². The molecule has 3 aromatic rings. The van der Waals surface area contributed by atoms with Gasteiger partial charge in [0.05, 0.1) is 42.5 Å². The van der Waals surface area contributed by atoms with Crippen molar-refractivity contribution in [3.8, 4) is 11.4 Å². The van der Waals surface area contributed by atoms with E-state index >= 15 is 0 Å². The molecule has 0 bridgehead atoms. The zero-order valence-electron chi connectivity index (χ0n) is 15.7. The Hall–Kier alpha value is -3.09. The molecule has 0 radical (unpaired) electrons. The minimum Gasteiger partial charge on any atom is -0.497 e. The topological polar surface area (TPSA) is 84.8 Å². The van der Waals surface area contributed by atoms with E-state index in [-0.39, 0.29) is 17.4 Å². The predicted molar refractivity (Wildman–Crippen MR) is 101 cm³/mol. The van der Waals surface area contributed by atoms with Gasteiger partial charge in [0.25, 0.3) is 5.91 Å². The van der Waals surface area contributed by atoms with Crippen molar-refractivity contribution in [2.75, 3.05) is 7.11 Å². The number of carbonyl (C=O) groups is 1. The lowest BCUT2D eigenvalue weighted by molar-refractivity contribution is 0.0919. The van der Waals surface area contributed by atoms with E-state index in [2.05, 4.69) is 34.5 Å². The average Bonchev–Trinajstić information content (AvgIpc) is 3.31. The molecule has 2 N–H and O–H groups in total. The first-order chi connectivity index (χ1) is 13.0. The normalized spacial score (nSPS) is 18.0. The van der Waals surface area contributed by atoms with Gasteiger partial charge in [0, 0.05) is 11.8 Å². The summed E-state index contributed by atoms with van der Waals surface area (Å²) >= 11 is 0. The summed E-state index contributed by atoms with van der Waals surface area (Å²) in [5, 5.41) is 14.3. The number of amides is 1. The molecule has 0 spiro atoms. The Morgan fingerprint density at radius 1 is 1.30 bits per heavy atom. The van der Waals surface area contributed by atoms with Gasteiger partial charge in [-0.1, -0.05) is 13.8 Å². The fraction of sp³-hybridized carbons (Fsp3) is 0.350. The van der Waals surface area contributed by atoms with E-state index < -0.39 is 0 Å². The zero-order chi connectivity index (χ0) is 19.0. The van der Waals surface area contributed by atoms with Crippen molar-refractivity contribution >= 4 is 5.91 Å². The molecule has 0 fully saturated rings. The molecule has 27 heavy (non-hydrogen) atoms. The van der Waals surface area contributed by atoms with E-state index in [0.717, 1.165) is 35.5 Å². The summed E-state index contributed by atoms with van der Waals surface area (Å²) in [5.74, 6) is 0.681. The van der Waals surface area contributed by atoms with Crippen LogP contribution in [0.25, 0.3) is 5.69 Å². The number of nitrogens with one attached hydrogen (secondary N) is 2. The number of aromatic nitrogens is 4. The lowest BCUT2D eigenvalue weighted by Gasteiger charge is -2.35. The van der Waals surface area contributed by atoms with E-state index in [1.165, 1.54) is 6.20 Å². The van der Waals surface area contributed by atoms with Gasteiger partial charge in [-0.05, 0) is 42.5 Å². The minimum absolute atomic E-state index is 0.0472. The van der Waals surface area contributed by atoms with Crippen molar-refractivity contribution in [3.05, 3.63) is 59.7 Å². The van der Waals surface area contributed by atoms with Crippen LogP contribution in [0.2, 0.25) is 0 Å². The van der Waals surface area contributed by atoms with Gasteiger partial charge in [-0.3, -0.25) is 9.89 Å². The molecule has 0 saturated heterocycles. The number of nitrogens with zero attached hydrogens (tertiary/aromatic N) is 3. The Kier molecular flexibility index (Phi) is 4.22. The van der Waals surface area contributed by atoms with Crippen molar-refractivity contribution in [1.29, 1.82) is 0 Å². The fourth-order valence-corrected chi connectivity index (χ4v) is 3.73. The highest BCUT2D eigenvalue weighted by atomic mass is 16.5. The second-order valence-corrected chi connectivity index (χ2v) is 7.71. The van der Waals surface area contributed by atoms with Crippen molar-refractivity contribution < 1.29 is 9.53 Å². The molecule has 2 heterocycles. The van der Waals surface area contributed by atoms with Crippen molar-refractivity contribution in [2.45, 2.75) is 32.7 Å². The number of rotatable bonds is 4. The molecule has 2 aromatic heterocycles. The second-order valence-electron chi connectivity index (χ2n) is 7.71. The van der Waals surface area contributed by atoms with Crippen LogP contribution in [0.1, 0.15) is 47.9 Å². The van der Waals surface area contributed by atoms with Crippen molar-refractivity contribution in [3.63, 3.8) is 0 Å². The molecule has 1 aliphatic rings. The molecule has 140 valence electrons. The van der Waals surface area contributed by atoms with Crippen LogP contribution >= 0.6 is 0 Å². The van der Waals surface area contributed by atoms with Crippen LogP contribution in [0.15, 0.2) is 42.9 Å². The van der Waals surface area contributed by atoms with Crippen LogP contribution in [0.4, 0.5) is 0 Å². The predicted octanol–water partition coefficient (Wildman–Crippen LogP) is 3.05. The van der Waals surface area contributed by atoms with E-state index in [4.69, 9.17) is 4.74 Å². The number of hydrogen-bond acceptors (Lipinski definition) is 4. The van der Waals surface area contributed by atoms with Gasteiger partial charge in [0.2, 0.25) is 0 Å². The molecule has 7 heteroatoms. The molecule has 1 amide bonds. The molecular formula is C20H23N5O2. The maximum atomic E-state index is 12.5. The Bertz CT molecular complexity index is 941. The number of fused-ring (bicyclic) bond motifs is 1. The summed E-state index contributed by atoms with van der Waals surface area (Å²) in [7, 11) is 1.65. The van der Waals surface area contributed by atoms with E-state index in [0.29, 0.717) is 5.56 Å². The van der Waals surface area contributed by atoms with Gasteiger partial charge in [-0.15, -0.1) is 0 Å². The van der Waals surface area contributed by atoms with Crippen LogP contribution in [-0.4, -0.2) is 33.0 Å². The quantitative estimate of drug-likeness (QED) is 0.744. The number of hydrogen-bond donors (Lipinski definition) is 2. The third-order valence-electron chi connectivity index (χ3n) is 5.06. The maximum Gasteiger partial charge on any atom is 0.254 e. The summed E-state index contributed by atoms with van der Waals surface area (Å²) in [6.07, 6.45) is 6.76. The Morgan fingerprint density at radius 3 is 2.74 bits per heavy atom. The van der Waals surface area contributed by atoms with Gasteiger partial charge in [-0.25, -0.2) is 4.68 Å². The van der Waals surface area contributed by atoms with Gasteiger partial charge in [-0.2, -0.15) is 10.2 Å². The molecule has 1 atom stereocenters. The largest absolute Gasteiger partial charge is 0.497 e. The Balaban J connectivity index is 1.67. The Labute approximate surface area is 157 Å². The molecule has 0 unspecified atom stereocenters. The molecule has 0 saturated carbocycles. The Morgan fingerprint density at radius 2 is 2.07 bits per heavy atom. The van der Waals surface area contributed by atoms with Crippen LogP contribution in [0, 0.1) is 5.41 Å². The molecular weight excluding hydrogens is 342 g/mol. The fourth-order valence-electron chi connectivity index (χ4n) is 3.73.